The minimum atomic E-state index is -0.421. The van der Waals surface area contributed by atoms with Crippen LogP contribution in [-0.4, -0.2) is 31.4 Å². The van der Waals surface area contributed by atoms with Gasteiger partial charge in [0.1, 0.15) is 6.61 Å². The van der Waals surface area contributed by atoms with Crippen molar-refractivity contribution < 1.29 is 23.8 Å². The highest BCUT2D eigenvalue weighted by Crippen LogP contribution is 2.11. The van der Waals surface area contributed by atoms with Crippen LogP contribution in [0.2, 0.25) is 0 Å². The summed E-state index contributed by atoms with van der Waals surface area (Å²) in [5.74, 6) is -0.799. The maximum absolute atomic E-state index is 10.9. The van der Waals surface area contributed by atoms with Crippen molar-refractivity contribution in [3.63, 3.8) is 0 Å². The van der Waals surface area contributed by atoms with Crippen LogP contribution in [0, 0.1) is 0 Å². The molecule has 5 heteroatoms. The van der Waals surface area contributed by atoms with E-state index in [2.05, 4.69) is 16.1 Å². The van der Waals surface area contributed by atoms with Crippen LogP contribution < -0.4 is 0 Å². The Kier molecular flexibility index (Phi) is 8.15. The molecule has 5 nitrogen and oxygen atoms in total. The van der Waals surface area contributed by atoms with Crippen molar-refractivity contribution in [3.05, 3.63) is 12.7 Å². The van der Waals surface area contributed by atoms with E-state index in [-0.39, 0.29) is 25.1 Å². The van der Waals surface area contributed by atoms with Crippen molar-refractivity contribution in [2.75, 3.05) is 13.2 Å². The van der Waals surface area contributed by atoms with Gasteiger partial charge in [-0.15, -0.1) is 6.58 Å². The second kappa shape index (κ2) is 8.91. The summed E-state index contributed by atoms with van der Waals surface area (Å²) in [4.78, 5) is 21.7. The van der Waals surface area contributed by atoms with Gasteiger partial charge in [-0.25, -0.2) is 0 Å². The van der Waals surface area contributed by atoms with Gasteiger partial charge in [-0.2, -0.15) is 0 Å². The molecular formula is C11H18O5. The lowest BCUT2D eigenvalue weighted by atomic mass is 10.3. The van der Waals surface area contributed by atoms with Gasteiger partial charge < -0.3 is 14.2 Å². The normalized spacial score (nSPS) is 16.5. The predicted molar refractivity (Wildman–Crippen MR) is 57.6 cm³/mol. The molecule has 0 amide bonds. The molecule has 0 aromatic heterocycles. The third kappa shape index (κ3) is 9.21. The SMILES string of the molecule is C=CC.CCOC(=O)CCC(=O)OC1CO1. The van der Waals surface area contributed by atoms with E-state index in [1.807, 2.05) is 6.92 Å². The first-order valence-electron chi connectivity index (χ1n) is 5.17. The van der Waals surface area contributed by atoms with E-state index < -0.39 is 5.97 Å². The van der Waals surface area contributed by atoms with Gasteiger partial charge in [0.25, 0.3) is 0 Å². The van der Waals surface area contributed by atoms with E-state index in [9.17, 15) is 9.59 Å². The second-order valence-electron chi connectivity index (χ2n) is 2.97. The average Bonchev–Trinajstić information content (AvgIpc) is 3.00. The number of rotatable bonds is 5. The minimum absolute atomic E-state index is 0.0543. The fourth-order valence-corrected chi connectivity index (χ4v) is 0.750. The molecule has 0 spiro atoms. The molecule has 1 aliphatic rings. The zero-order valence-corrected chi connectivity index (χ0v) is 9.73. The number of allylic oxidation sites excluding steroid dienone is 1. The van der Waals surface area contributed by atoms with Crippen molar-refractivity contribution in [1.82, 2.24) is 0 Å². The van der Waals surface area contributed by atoms with Gasteiger partial charge in [-0.3, -0.25) is 9.59 Å². The quantitative estimate of drug-likeness (QED) is 0.406. The summed E-state index contributed by atoms with van der Waals surface area (Å²) < 4.78 is 14.0. The van der Waals surface area contributed by atoms with Crippen molar-refractivity contribution in [3.8, 4) is 0 Å². The molecule has 1 fully saturated rings. The van der Waals surface area contributed by atoms with Crippen LogP contribution in [0.15, 0.2) is 12.7 Å². The number of ether oxygens (including phenoxy) is 3. The van der Waals surface area contributed by atoms with Gasteiger partial charge in [0.2, 0.25) is 6.29 Å². The Hall–Kier alpha value is -1.36. The summed E-state index contributed by atoms with van der Waals surface area (Å²) in [5.41, 5.74) is 0. The fraction of sp³-hybridized carbons (Fsp3) is 0.636. The zero-order chi connectivity index (χ0) is 12.4. The molecule has 1 atom stereocenters. The van der Waals surface area contributed by atoms with Crippen LogP contribution in [0.4, 0.5) is 0 Å². The van der Waals surface area contributed by atoms with Gasteiger partial charge in [-0.05, 0) is 13.8 Å². The van der Waals surface area contributed by atoms with Crippen molar-refractivity contribution in [2.45, 2.75) is 33.0 Å². The average molecular weight is 230 g/mol. The molecule has 0 aliphatic carbocycles. The number of hydrogen-bond donors (Lipinski definition) is 0. The summed E-state index contributed by atoms with van der Waals surface area (Å²) in [6, 6.07) is 0. The van der Waals surface area contributed by atoms with E-state index in [0.717, 1.165) is 0 Å². The van der Waals surface area contributed by atoms with Crippen LogP contribution in [0.5, 0.6) is 0 Å². The molecule has 16 heavy (non-hydrogen) atoms. The van der Waals surface area contributed by atoms with Gasteiger partial charge in [0.05, 0.1) is 19.4 Å². The Morgan fingerprint density at radius 1 is 1.44 bits per heavy atom. The lowest BCUT2D eigenvalue weighted by Crippen LogP contribution is -2.11. The molecule has 0 aromatic rings. The van der Waals surface area contributed by atoms with E-state index in [4.69, 9.17) is 4.74 Å². The minimum Gasteiger partial charge on any atom is -0.466 e. The van der Waals surface area contributed by atoms with E-state index in [1.165, 1.54) is 0 Å². The molecular weight excluding hydrogens is 212 g/mol. The summed E-state index contributed by atoms with van der Waals surface area (Å²) in [5, 5.41) is 0. The second-order valence-corrected chi connectivity index (χ2v) is 2.97. The molecule has 1 unspecified atom stereocenters. The Balaban J connectivity index is 0.000000673. The predicted octanol–water partition coefficient (Wildman–Crippen LogP) is 1.42. The summed E-state index contributed by atoms with van der Waals surface area (Å²) in [6.07, 6.45) is 1.49. The van der Waals surface area contributed by atoms with Crippen LogP contribution in [-0.2, 0) is 23.8 Å². The molecule has 0 saturated carbocycles. The lowest BCUT2D eigenvalue weighted by Gasteiger charge is -2.01. The topological polar surface area (TPSA) is 65.1 Å². The van der Waals surface area contributed by atoms with Crippen molar-refractivity contribution in [2.24, 2.45) is 0 Å². The lowest BCUT2D eigenvalue weighted by molar-refractivity contribution is -0.153. The van der Waals surface area contributed by atoms with Crippen molar-refractivity contribution >= 4 is 11.9 Å². The first-order valence-corrected chi connectivity index (χ1v) is 5.17. The molecule has 0 radical (unpaired) electrons. The van der Waals surface area contributed by atoms with Crippen LogP contribution in [0.3, 0.4) is 0 Å². The smallest absolute Gasteiger partial charge is 0.308 e. The highest BCUT2D eigenvalue weighted by molar-refractivity contribution is 5.77. The third-order valence-corrected chi connectivity index (χ3v) is 1.40. The first kappa shape index (κ1) is 14.6. The van der Waals surface area contributed by atoms with Crippen LogP contribution >= 0.6 is 0 Å². The number of esters is 2. The van der Waals surface area contributed by atoms with Gasteiger partial charge in [-0.1, -0.05) is 6.08 Å². The van der Waals surface area contributed by atoms with E-state index in [1.54, 1.807) is 13.0 Å². The molecule has 1 aliphatic heterocycles. The fourth-order valence-electron chi connectivity index (χ4n) is 0.750. The van der Waals surface area contributed by atoms with Crippen LogP contribution in [0.1, 0.15) is 26.7 Å². The van der Waals surface area contributed by atoms with Crippen LogP contribution in [0.25, 0.3) is 0 Å². The Bertz CT molecular complexity index is 233. The number of hydrogen-bond acceptors (Lipinski definition) is 5. The first-order chi connectivity index (χ1) is 7.63. The van der Waals surface area contributed by atoms with E-state index in [0.29, 0.717) is 13.2 Å². The monoisotopic (exact) mass is 230 g/mol. The van der Waals surface area contributed by atoms with Gasteiger partial charge >= 0.3 is 11.9 Å². The molecule has 0 N–H and O–H groups in total. The Morgan fingerprint density at radius 3 is 2.38 bits per heavy atom. The van der Waals surface area contributed by atoms with Gasteiger partial charge in [0.15, 0.2) is 0 Å². The molecule has 1 heterocycles. The summed E-state index contributed by atoms with van der Waals surface area (Å²) in [6.45, 7) is 7.76. The number of epoxide rings is 1. The summed E-state index contributed by atoms with van der Waals surface area (Å²) in [7, 11) is 0. The maximum Gasteiger partial charge on any atom is 0.308 e. The highest BCUT2D eigenvalue weighted by Gasteiger charge is 2.27. The molecule has 0 aromatic carbocycles. The molecule has 1 rings (SSSR count). The maximum atomic E-state index is 10.9. The molecule has 92 valence electrons. The highest BCUT2D eigenvalue weighted by atomic mass is 16.8. The Labute approximate surface area is 95.4 Å². The van der Waals surface area contributed by atoms with Gasteiger partial charge in [0, 0.05) is 0 Å². The summed E-state index contributed by atoms with van der Waals surface area (Å²) >= 11 is 0. The number of carbonyl (C=O) groups is 2. The molecule has 0 bridgehead atoms. The Morgan fingerprint density at radius 2 is 1.94 bits per heavy atom. The third-order valence-electron chi connectivity index (χ3n) is 1.40. The van der Waals surface area contributed by atoms with Crippen molar-refractivity contribution in [1.29, 1.82) is 0 Å². The number of carbonyl (C=O) groups excluding carboxylic acids is 2. The zero-order valence-electron chi connectivity index (χ0n) is 9.73. The standard InChI is InChI=1S/C8H12O5.C3H6/c1-2-11-6(9)3-4-7(10)13-8-5-12-8;1-3-2/h8H,2-5H2,1H3;3H,1H2,2H3. The molecule has 1 saturated heterocycles. The van der Waals surface area contributed by atoms with E-state index >= 15 is 0 Å². The largest absolute Gasteiger partial charge is 0.466 e.